The van der Waals surface area contributed by atoms with E-state index in [0.717, 1.165) is 10.9 Å². The van der Waals surface area contributed by atoms with Crippen molar-refractivity contribution < 1.29 is 13.2 Å². The third kappa shape index (κ3) is 3.19. The molecule has 0 N–H and O–H groups in total. The summed E-state index contributed by atoms with van der Waals surface area (Å²) < 4.78 is 29.1. The van der Waals surface area contributed by atoms with Gasteiger partial charge in [0.25, 0.3) is 5.91 Å². The molecule has 0 atom stereocenters. The Kier molecular flexibility index (Phi) is 4.91. The lowest BCUT2D eigenvalue weighted by Gasteiger charge is -2.34. The molecule has 1 aromatic heterocycles. The number of para-hydroxylation sites is 1. The van der Waals surface area contributed by atoms with Crippen molar-refractivity contribution in [3.8, 4) is 0 Å². The highest BCUT2D eigenvalue weighted by Crippen LogP contribution is 2.26. The van der Waals surface area contributed by atoms with Gasteiger partial charge in [-0.1, -0.05) is 41.9 Å². The van der Waals surface area contributed by atoms with E-state index in [2.05, 4.69) is 0 Å². The second-order valence-electron chi connectivity index (χ2n) is 6.80. The minimum Gasteiger partial charge on any atom is -0.350 e. The van der Waals surface area contributed by atoms with Crippen LogP contribution in [0.15, 0.2) is 59.6 Å². The number of aryl methyl sites for hydroxylation is 1. The fourth-order valence-corrected chi connectivity index (χ4v) is 5.52. The number of nitrogens with zero attached hydrogens (tertiary/aromatic N) is 3. The number of fused-ring (bicyclic) bond motifs is 1. The van der Waals surface area contributed by atoms with E-state index in [1.165, 1.54) is 10.4 Å². The van der Waals surface area contributed by atoms with Gasteiger partial charge in [-0.15, -0.1) is 0 Å². The maximum atomic E-state index is 13.0. The number of benzene rings is 2. The molecule has 8 heteroatoms. The Labute approximate surface area is 169 Å². The molecule has 1 fully saturated rings. The van der Waals surface area contributed by atoms with E-state index in [1.807, 2.05) is 42.1 Å². The van der Waals surface area contributed by atoms with Gasteiger partial charge in [-0.2, -0.15) is 4.31 Å². The molecule has 0 unspecified atom stereocenters. The van der Waals surface area contributed by atoms with Gasteiger partial charge in [-0.3, -0.25) is 4.79 Å². The quantitative estimate of drug-likeness (QED) is 0.658. The predicted molar refractivity (Wildman–Crippen MR) is 109 cm³/mol. The summed E-state index contributed by atoms with van der Waals surface area (Å²) in [7, 11) is -1.77. The van der Waals surface area contributed by atoms with Crippen molar-refractivity contribution in [3.05, 3.63) is 65.3 Å². The van der Waals surface area contributed by atoms with Gasteiger partial charge in [0, 0.05) is 50.3 Å². The zero-order valence-corrected chi connectivity index (χ0v) is 16.9. The van der Waals surface area contributed by atoms with Crippen LogP contribution in [-0.2, 0) is 17.1 Å². The fourth-order valence-electron chi connectivity index (χ4n) is 3.61. The highest BCUT2D eigenvalue weighted by Gasteiger charge is 2.32. The summed E-state index contributed by atoms with van der Waals surface area (Å²) in [4.78, 5) is 14.8. The van der Waals surface area contributed by atoms with E-state index in [9.17, 15) is 13.2 Å². The molecule has 0 aliphatic carbocycles. The average molecular weight is 418 g/mol. The van der Waals surface area contributed by atoms with Crippen molar-refractivity contribution in [3.63, 3.8) is 0 Å². The lowest BCUT2D eigenvalue weighted by atomic mass is 10.1. The Balaban J connectivity index is 1.53. The first kappa shape index (κ1) is 19.0. The second kappa shape index (κ2) is 7.24. The first-order valence-corrected chi connectivity index (χ1v) is 10.8. The molecule has 3 aromatic rings. The van der Waals surface area contributed by atoms with Crippen LogP contribution in [0, 0.1) is 0 Å². The Morgan fingerprint density at radius 2 is 1.61 bits per heavy atom. The van der Waals surface area contributed by atoms with Gasteiger partial charge < -0.3 is 9.47 Å². The SMILES string of the molecule is Cn1cc(C(=O)N2CCN(S(=O)(=O)c3ccccc3Cl)CC2)c2ccccc21. The summed E-state index contributed by atoms with van der Waals surface area (Å²) in [5, 5.41) is 1.11. The molecule has 4 rings (SSSR count). The minimum absolute atomic E-state index is 0.0772. The number of piperazine rings is 1. The zero-order valence-electron chi connectivity index (χ0n) is 15.4. The number of hydrogen-bond acceptors (Lipinski definition) is 3. The summed E-state index contributed by atoms with van der Waals surface area (Å²) >= 11 is 6.07. The Morgan fingerprint density at radius 1 is 0.964 bits per heavy atom. The molecule has 1 amide bonds. The maximum absolute atomic E-state index is 13.0. The highest BCUT2D eigenvalue weighted by molar-refractivity contribution is 7.89. The van der Waals surface area contributed by atoms with E-state index in [4.69, 9.17) is 11.6 Å². The van der Waals surface area contributed by atoms with Crippen molar-refractivity contribution in [2.75, 3.05) is 26.2 Å². The molecule has 0 bridgehead atoms. The van der Waals surface area contributed by atoms with Crippen molar-refractivity contribution in [2.45, 2.75) is 4.90 Å². The van der Waals surface area contributed by atoms with Gasteiger partial charge >= 0.3 is 0 Å². The monoisotopic (exact) mass is 417 g/mol. The van der Waals surface area contributed by atoms with E-state index < -0.39 is 10.0 Å². The third-order valence-corrected chi connectivity index (χ3v) is 7.51. The predicted octanol–water partition coefficient (Wildman–Crippen LogP) is 2.98. The molecular weight excluding hydrogens is 398 g/mol. The molecule has 1 aliphatic rings. The van der Waals surface area contributed by atoms with Crippen LogP contribution in [0.2, 0.25) is 5.02 Å². The lowest BCUT2D eigenvalue weighted by molar-refractivity contribution is 0.0699. The average Bonchev–Trinajstić information content (AvgIpc) is 3.05. The molecule has 146 valence electrons. The van der Waals surface area contributed by atoms with Crippen LogP contribution in [0.5, 0.6) is 0 Å². The molecule has 0 radical (unpaired) electrons. The standard InChI is InChI=1S/C20H20ClN3O3S/c1-22-14-16(15-6-2-4-8-18(15)22)20(25)23-10-12-24(13-11-23)28(26,27)19-9-5-3-7-17(19)21/h2-9,14H,10-13H2,1H3. The number of rotatable bonds is 3. The fraction of sp³-hybridized carbons (Fsp3) is 0.250. The maximum Gasteiger partial charge on any atom is 0.256 e. The normalized spacial score (nSPS) is 15.9. The zero-order chi connectivity index (χ0) is 19.9. The van der Waals surface area contributed by atoms with Crippen molar-refractivity contribution >= 4 is 38.4 Å². The number of aromatic nitrogens is 1. The second-order valence-corrected chi connectivity index (χ2v) is 9.11. The van der Waals surface area contributed by atoms with Crippen molar-refractivity contribution in [2.24, 2.45) is 7.05 Å². The molecule has 0 saturated carbocycles. The van der Waals surface area contributed by atoms with E-state index >= 15 is 0 Å². The molecule has 1 saturated heterocycles. The summed E-state index contributed by atoms with van der Waals surface area (Å²) in [5.41, 5.74) is 1.63. The van der Waals surface area contributed by atoms with Gasteiger partial charge in [0.1, 0.15) is 4.90 Å². The van der Waals surface area contributed by atoms with Gasteiger partial charge in [-0.25, -0.2) is 8.42 Å². The van der Waals surface area contributed by atoms with E-state index in [1.54, 1.807) is 23.1 Å². The van der Waals surface area contributed by atoms with Crippen LogP contribution in [0.1, 0.15) is 10.4 Å². The molecular formula is C20H20ClN3O3S. The van der Waals surface area contributed by atoms with Gasteiger partial charge in [-0.05, 0) is 18.2 Å². The molecule has 28 heavy (non-hydrogen) atoms. The molecule has 2 heterocycles. The number of carbonyl (C=O) groups excluding carboxylic acids is 1. The topological polar surface area (TPSA) is 62.6 Å². The number of hydrogen-bond donors (Lipinski definition) is 0. The Bertz CT molecular complexity index is 1150. The van der Waals surface area contributed by atoms with E-state index in [-0.39, 0.29) is 28.9 Å². The highest BCUT2D eigenvalue weighted by atomic mass is 35.5. The molecule has 6 nitrogen and oxygen atoms in total. The van der Waals surface area contributed by atoms with Crippen LogP contribution in [-0.4, -0.2) is 54.3 Å². The largest absolute Gasteiger partial charge is 0.350 e. The summed E-state index contributed by atoms with van der Waals surface area (Å²) in [6.07, 6.45) is 1.83. The molecule has 0 spiro atoms. The summed E-state index contributed by atoms with van der Waals surface area (Å²) in [5.74, 6) is -0.0772. The molecule has 1 aliphatic heterocycles. The summed E-state index contributed by atoms with van der Waals surface area (Å²) in [6.45, 7) is 1.16. The van der Waals surface area contributed by atoms with Crippen LogP contribution >= 0.6 is 11.6 Å². The van der Waals surface area contributed by atoms with E-state index in [0.29, 0.717) is 18.7 Å². The molecule has 2 aromatic carbocycles. The Hall–Kier alpha value is -2.35. The first-order valence-electron chi connectivity index (χ1n) is 8.97. The van der Waals surface area contributed by atoms with Gasteiger partial charge in [0.05, 0.1) is 10.6 Å². The van der Waals surface area contributed by atoms with Crippen molar-refractivity contribution in [1.29, 1.82) is 0 Å². The number of carbonyl (C=O) groups is 1. The van der Waals surface area contributed by atoms with Gasteiger partial charge in [0.2, 0.25) is 10.0 Å². The van der Waals surface area contributed by atoms with Crippen LogP contribution in [0.4, 0.5) is 0 Å². The van der Waals surface area contributed by atoms with Crippen LogP contribution in [0.3, 0.4) is 0 Å². The smallest absolute Gasteiger partial charge is 0.256 e. The van der Waals surface area contributed by atoms with Crippen LogP contribution < -0.4 is 0 Å². The Morgan fingerprint density at radius 3 is 2.32 bits per heavy atom. The van der Waals surface area contributed by atoms with Crippen LogP contribution in [0.25, 0.3) is 10.9 Å². The number of amides is 1. The van der Waals surface area contributed by atoms with Crippen molar-refractivity contribution in [1.82, 2.24) is 13.8 Å². The first-order chi connectivity index (χ1) is 13.4. The third-order valence-electron chi connectivity index (χ3n) is 5.11. The summed E-state index contributed by atoms with van der Waals surface area (Å²) in [6, 6.07) is 14.2. The number of sulfonamides is 1. The lowest BCUT2D eigenvalue weighted by Crippen LogP contribution is -2.50. The number of halogens is 1. The minimum atomic E-state index is -3.68. The van der Waals surface area contributed by atoms with Gasteiger partial charge in [0.15, 0.2) is 0 Å².